The van der Waals surface area contributed by atoms with Crippen LogP contribution in [0.5, 0.6) is 0 Å². The van der Waals surface area contributed by atoms with Crippen LogP contribution in [0, 0.1) is 5.82 Å². The van der Waals surface area contributed by atoms with Crippen molar-refractivity contribution in [2.24, 2.45) is 0 Å². The van der Waals surface area contributed by atoms with Gasteiger partial charge in [0.15, 0.2) is 0 Å². The molecule has 1 aromatic carbocycles. The van der Waals surface area contributed by atoms with Crippen LogP contribution in [-0.2, 0) is 6.54 Å². The van der Waals surface area contributed by atoms with Gasteiger partial charge in [0.05, 0.1) is 11.0 Å². The Morgan fingerprint density at radius 3 is 2.61 bits per heavy atom. The van der Waals surface area contributed by atoms with Gasteiger partial charge in [0, 0.05) is 6.07 Å². The zero-order valence-corrected chi connectivity index (χ0v) is 8.70. The average molecular weight is 262 g/mol. The second kappa shape index (κ2) is 3.97. The van der Waals surface area contributed by atoms with Gasteiger partial charge < -0.3 is 9.67 Å². The molecule has 8 heteroatoms. The van der Waals surface area contributed by atoms with E-state index in [4.69, 9.17) is 5.11 Å². The number of rotatable bonds is 2. The number of carboxylic acids is 1. The number of imidazole rings is 1. The van der Waals surface area contributed by atoms with E-state index in [9.17, 15) is 22.4 Å². The van der Waals surface area contributed by atoms with Crippen molar-refractivity contribution < 1.29 is 27.5 Å². The largest absolute Gasteiger partial charge is 0.475 e. The first-order chi connectivity index (χ1) is 8.28. The Balaban J connectivity index is 2.67. The SMILES string of the molecule is O=C(O)c1nc2cc(F)ccc2n1CC(F)(F)F. The molecule has 0 aliphatic rings. The lowest BCUT2D eigenvalue weighted by molar-refractivity contribution is -0.140. The van der Waals surface area contributed by atoms with Gasteiger partial charge in [-0.2, -0.15) is 13.2 Å². The predicted molar refractivity (Wildman–Crippen MR) is 52.7 cm³/mol. The molecule has 4 nitrogen and oxygen atoms in total. The van der Waals surface area contributed by atoms with Crippen LogP contribution in [0.25, 0.3) is 11.0 Å². The summed E-state index contributed by atoms with van der Waals surface area (Å²) in [5.41, 5.74) is -0.206. The summed E-state index contributed by atoms with van der Waals surface area (Å²) >= 11 is 0. The van der Waals surface area contributed by atoms with E-state index in [1.165, 1.54) is 0 Å². The minimum atomic E-state index is -4.59. The van der Waals surface area contributed by atoms with Crippen molar-refractivity contribution in [1.82, 2.24) is 9.55 Å². The summed E-state index contributed by atoms with van der Waals surface area (Å²) in [6, 6.07) is 2.90. The van der Waals surface area contributed by atoms with Crippen molar-refractivity contribution in [2.75, 3.05) is 0 Å². The van der Waals surface area contributed by atoms with Gasteiger partial charge in [0.2, 0.25) is 5.82 Å². The first kappa shape index (κ1) is 12.3. The molecular weight excluding hydrogens is 256 g/mol. The van der Waals surface area contributed by atoms with Crippen LogP contribution in [0.2, 0.25) is 0 Å². The summed E-state index contributed by atoms with van der Waals surface area (Å²) in [5, 5.41) is 8.79. The van der Waals surface area contributed by atoms with E-state index in [1.54, 1.807) is 0 Å². The number of hydrogen-bond acceptors (Lipinski definition) is 2. The molecule has 0 unspecified atom stereocenters. The Morgan fingerprint density at radius 2 is 2.06 bits per heavy atom. The van der Waals surface area contributed by atoms with Gasteiger partial charge in [0.1, 0.15) is 12.4 Å². The third kappa shape index (κ3) is 2.27. The maximum Gasteiger partial charge on any atom is 0.406 e. The van der Waals surface area contributed by atoms with E-state index < -0.39 is 30.3 Å². The number of aromatic carboxylic acids is 1. The minimum Gasteiger partial charge on any atom is -0.475 e. The second-order valence-corrected chi connectivity index (χ2v) is 3.57. The van der Waals surface area contributed by atoms with Gasteiger partial charge in [-0.1, -0.05) is 0 Å². The van der Waals surface area contributed by atoms with Gasteiger partial charge in [-0.05, 0) is 12.1 Å². The molecule has 1 N–H and O–H groups in total. The highest BCUT2D eigenvalue weighted by Gasteiger charge is 2.31. The molecule has 0 saturated carbocycles. The number of alkyl halides is 3. The molecule has 1 heterocycles. The Bertz CT molecular complexity index is 618. The van der Waals surface area contributed by atoms with Crippen LogP contribution in [0.4, 0.5) is 17.6 Å². The van der Waals surface area contributed by atoms with Gasteiger partial charge in [0.25, 0.3) is 0 Å². The molecule has 2 rings (SSSR count). The van der Waals surface area contributed by atoms with Crippen molar-refractivity contribution in [2.45, 2.75) is 12.7 Å². The molecule has 0 atom stereocenters. The number of hydrogen-bond donors (Lipinski definition) is 1. The van der Waals surface area contributed by atoms with E-state index in [2.05, 4.69) is 4.98 Å². The third-order valence-electron chi connectivity index (χ3n) is 2.24. The molecule has 0 spiro atoms. The fraction of sp³-hybridized carbons (Fsp3) is 0.200. The lowest BCUT2D eigenvalue weighted by atomic mass is 10.3. The smallest absolute Gasteiger partial charge is 0.406 e. The Hall–Kier alpha value is -2.12. The summed E-state index contributed by atoms with van der Waals surface area (Å²) in [6.45, 7) is -1.49. The lowest BCUT2D eigenvalue weighted by Gasteiger charge is -2.09. The van der Waals surface area contributed by atoms with E-state index in [-0.39, 0.29) is 11.0 Å². The average Bonchev–Trinajstić information content (AvgIpc) is 2.54. The molecule has 0 fully saturated rings. The predicted octanol–water partition coefficient (Wildman–Crippen LogP) is 2.44. The van der Waals surface area contributed by atoms with Gasteiger partial charge in [-0.3, -0.25) is 0 Å². The third-order valence-corrected chi connectivity index (χ3v) is 2.24. The van der Waals surface area contributed by atoms with E-state index in [0.29, 0.717) is 4.57 Å². The van der Waals surface area contributed by atoms with Crippen molar-refractivity contribution in [3.05, 3.63) is 29.8 Å². The van der Waals surface area contributed by atoms with Crippen LogP contribution in [0.1, 0.15) is 10.6 Å². The van der Waals surface area contributed by atoms with Crippen LogP contribution < -0.4 is 0 Å². The highest BCUT2D eigenvalue weighted by Crippen LogP contribution is 2.24. The van der Waals surface area contributed by atoms with Gasteiger partial charge in [-0.25, -0.2) is 14.2 Å². The molecule has 0 amide bonds. The zero-order valence-electron chi connectivity index (χ0n) is 8.70. The maximum absolute atomic E-state index is 12.9. The summed E-state index contributed by atoms with van der Waals surface area (Å²) in [6.07, 6.45) is -4.59. The van der Waals surface area contributed by atoms with Crippen molar-refractivity contribution in [3.8, 4) is 0 Å². The highest BCUT2D eigenvalue weighted by molar-refractivity contribution is 5.89. The zero-order chi connectivity index (χ0) is 13.5. The van der Waals surface area contributed by atoms with E-state index in [0.717, 1.165) is 18.2 Å². The molecule has 0 aliphatic carbocycles. The van der Waals surface area contributed by atoms with Gasteiger partial charge >= 0.3 is 12.1 Å². The summed E-state index contributed by atoms with van der Waals surface area (Å²) in [7, 11) is 0. The van der Waals surface area contributed by atoms with Crippen LogP contribution in [0.15, 0.2) is 18.2 Å². The maximum atomic E-state index is 12.9. The van der Waals surface area contributed by atoms with Crippen molar-refractivity contribution in [1.29, 1.82) is 0 Å². The standard InChI is InChI=1S/C10H6F4N2O2/c11-5-1-2-7-6(3-5)15-8(9(17)18)16(7)4-10(12,13)14/h1-3H,4H2,(H,17,18). The molecule has 2 aromatic rings. The van der Waals surface area contributed by atoms with Crippen LogP contribution >= 0.6 is 0 Å². The molecule has 0 aliphatic heterocycles. The molecule has 0 saturated heterocycles. The fourth-order valence-corrected chi connectivity index (χ4v) is 1.61. The number of fused-ring (bicyclic) bond motifs is 1. The Morgan fingerprint density at radius 1 is 1.39 bits per heavy atom. The molecule has 18 heavy (non-hydrogen) atoms. The summed E-state index contributed by atoms with van der Waals surface area (Å²) in [4.78, 5) is 14.3. The minimum absolute atomic E-state index is 0.0777. The number of benzene rings is 1. The normalized spacial score (nSPS) is 12.0. The first-order valence-electron chi connectivity index (χ1n) is 4.74. The van der Waals surface area contributed by atoms with Crippen LogP contribution in [-0.4, -0.2) is 26.8 Å². The van der Waals surface area contributed by atoms with Gasteiger partial charge in [-0.15, -0.1) is 0 Å². The van der Waals surface area contributed by atoms with Crippen molar-refractivity contribution in [3.63, 3.8) is 0 Å². The number of halogens is 4. The Kier molecular flexibility index (Phi) is 2.72. The second-order valence-electron chi connectivity index (χ2n) is 3.57. The van der Waals surface area contributed by atoms with Crippen LogP contribution in [0.3, 0.4) is 0 Å². The highest BCUT2D eigenvalue weighted by atomic mass is 19.4. The summed E-state index contributed by atoms with van der Waals surface area (Å²) < 4.78 is 50.5. The topological polar surface area (TPSA) is 55.1 Å². The number of aromatic nitrogens is 2. The van der Waals surface area contributed by atoms with E-state index in [1.807, 2.05) is 0 Å². The first-order valence-corrected chi connectivity index (χ1v) is 4.74. The van der Waals surface area contributed by atoms with E-state index >= 15 is 0 Å². The monoisotopic (exact) mass is 262 g/mol. The quantitative estimate of drug-likeness (QED) is 0.846. The number of carboxylic acid groups (broad SMARTS) is 1. The molecule has 0 bridgehead atoms. The Labute approximate surface area is 97.5 Å². The number of carbonyl (C=O) groups is 1. The summed E-state index contributed by atoms with van der Waals surface area (Å²) in [5.74, 6) is -3.07. The van der Waals surface area contributed by atoms with Crippen molar-refractivity contribution >= 4 is 17.0 Å². The lowest BCUT2D eigenvalue weighted by Crippen LogP contribution is -2.21. The molecule has 1 aromatic heterocycles. The molecule has 96 valence electrons. The fourth-order valence-electron chi connectivity index (χ4n) is 1.61. The molecular formula is C10H6F4N2O2. The number of nitrogens with zero attached hydrogens (tertiary/aromatic N) is 2. The molecule has 0 radical (unpaired) electrons.